The Morgan fingerprint density at radius 1 is 1.19 bits per heavy atom. The summed E-state index contributed by atoms with van der Waals surface area (Å²) in [6.07, 6.45) is 3.38. The first kappa shape index (κ1) is 13.5. The molecule has 1 atom stereocenters. The highest BCUT2D eigenvalue weighted by Gasteiger charge is 2.20. The maximum absolute atomic E-state index is 11.4. The number of carbonyl (C=O) groups is 1. The van der Waals surface area contributed by atoms with Crippen LogP contribution in [0.5, 0.6) is 0 Å². The molecule has 3 rings (SSSR count). The standard InChI is InChI=1S/C16H18N4O/c1-17-16(21)14-9-10-15(20-19-14)18-13-8-4-6-11-5-2-3-7-12(11)13/h2-3,5,7,9-10,13H,4,6,8H2,1H3,(H,17,21)(H,18,20). The van der Waals surface area contributed by atoms with Crippen LogP contribution in [-0.4, -0.2) is 23.2 Å². The lowest BCUT2D eigenvalue weighted by atomic mass is 9.88. The van der Waals surface area contributed by atoms with Crippen LogP contribution in [0.2, 0.25) is 0 Å². The Bertz CT molecular complexity index is 639. The van der Waals surface area contributed by atoms with Gasteiger partial charge in [-0.15, -0.1) is 10.2 Å². The molecule has 5 heteroatoms. The van der Waals surface area contributed by atoms with E-state index in [1.165, 1.54) is 17.5 Å². The zero-order valence-electron chi connectivity index (χ0n) is 12.0. The number of fused-ring (bicyclic) bond motifs is 1. The summed E-state index contributed by atoms with van der Waals surface area (Å²) >= 11 is 0. The van der Waals surface area contributed by atoms with E-state index in [9.17, 15) is 4.79 Å². The molecule has 1 aromatic heterocycles. The molecule has 108 valence electrons. The zero-order valence-corrected chi connectivity index (χ0v) is 12.0. The van der Waals surface area contributed by atoms with Crippen molar-refractivity contribution >= 4 is 11.7 Å². The van der Waals surface area contributed by atoms with Gasteiger partial charge in [0.05, 0.1) is 6.04 Å². The van der Waals surface area contributed by atoms with Gasteiger partial charge in [0.1, 0.15) is 5.82 Å². The van der Waals surface area contributed by atoms with E-state index in [0.717, 1.165) is 12.8 Å². The Morgan fingerprint density at radius 3 is 2.81 bits per heavy atom. The Kier molecular flexibility index (Phi) is 3.81. The van der Waals surface area contributed by atoms with Crippen LogP contribution in [0.1, 0.15) is 40.5 Å². The molecular weight excluding hydrogens is 264 g/mol. The van der Waals surface area contributed by atoms with E-state index in [1.54, 1.807) is 19.2 Å². The summed E-state index contributed by atoms with van der Waals surface area (Å²) < 4.78 is 0. The van der Waals surface area contributed by atoms with Gasteiger partial charge in [0.2, 0.25) is 0 Å². The fourth-order valence-electron chi connectivity index (χ4n) is 2.74. The van der Waals surface area contributed by atoms with E-state index in [2.05, 4.69) is 45.1 Å². The minimum Gasteiger partial charge on any atom is -0.362 e. The number of aromatic nitrogens is 2. The number of hydrogen-bond acceptors (Lipinski definition) is 4. The average Bonchev–Trinajstić information content (AvgIpc) is 2.55. The summed E-state index contributed by atoms with van der Waals surface area (Å²) in [5, 5.41) is 14.0. The normalized spacial score (nSPS) is 16.9. The van der Waals surface area contributed by atoms with E-state index in [4.69, 9.17) is 0 Å². The van der Waals surface area contributed by atoms with Crippen molar-refractivity contribution in [3.8, 4) is 0 Å². The number of anilines is 1. The Balaban J connectivity index is 1.77. The van der Waals surface area contributed by atoms with Gasteiger partial charge in [-0.05, 0) is 42.5 Å². The highest BCUT2D eigenvalue weighted by molar-refractivity contribution is 5.91. The van der Waals surface area contributed by atoms with Gasteiger partial charge in [0.15, 0.2) is 5.69 Å². The maximum Gasteiger partial charge on any atom is 0.271 e. The molecule has 2 N–H and O–H groups in total. The second kappa shape index (κ2) is 5.91. The van der Waals surface area contributed by atoms with Crippen molar-refractivity contribution in [1.82, 2.24) is 15.5 Å². The van der Waals surface area contributed by atoms with Gasteiger partial charge >= 0.3 is 0 Å². The van der Waals surface area contributed by atoms with Gasteiger partial charge in [-0.3, -0.25) is 4.79 Å². The molecule has 0 spiro atoms. The molecule has 5 nitrogen and oxygen atoms in total. The first-order chi connectivity index (χ1) is 10.3. The molecule has 0 saturated carbocycles. The summed E-state index contributed by atoms with van der Waals surface area (Å²) in [5.74, 6) is 0.474. The quantitative estimate of drug-likeness (QED) is 0.906. The molecule has 0 bridgehead atoms. The second-order valence-corrected chi connectivity index (χ2v) is 5.17. The first-order valence-electron chi connectivity index (χ1n) is 7.18. The molecular formula is C16H18N4O. The SMILES string of the molecule is CNC(=O)c1ccc(NC2CCCc3ccccc32)nn1. The fraction of sp³-hybridized carbons (Fsp3) is 0.312. The summed E-state index contributed by atoms with van der Waals surface area (Å²) in [6, 6.07) is 12.2. The summed E-state index contributed by atoms with van der Waals surface area (Å²) in [5.41, 5.74) is 3.06. The van der Waals surface area contributed by atoms with Gasteiger partial charge in [-0.2, -0.15) is 0 Å². The molecule has 0 fully saturated rings. The largest absolute Gasteiger partial charge is 0.362 e. The van der Waals surface area contributed by atoms with Crippen LogP contribution in [0.25, 0.3) is 0 Å². The lowest BCUT2D eigenvalue weighted by molar-refractivity contribution is 0.0957. The van der Waals surface area contributed by atoms with Gasteiger partial charge in [0.25, 0.3) is 5.91 Å². The Hall–Kier alpha value is -2.43. The maximum atomic E-state index is 11.4. The minimum absolute atomic E-state index is 0.225. The number of carbonyl (C=O) groups excluding carboxylic acids is 1. The Morgan fingerprint density at radius 2 is 2.05 bits per heavy atom. The number of benzene rings is 1. The third-order valence-corrected chi connectivity index (χ3v) is 3.82. The summed E-state index contributed by atoms with van der Waals surface area (Å²) in [6.45, 7) is 0. The highest BCUT2D eigenvalue weighted by atomic mass is 16.1. The van der Waals surface area contributed by atoms with E-state index in [0.29, 0.717) is 11.5 Å². The zero-order chi connectivity index (χ0) is 14.7. The molecule has 1 aromatic carbocycles. The molecule has 0 saturated heterocycles. The number of aryl methyl sites for hydroxylation is 1. The van der Waals surface area contributed by atoms with Crippen molar-refractivity contribution in [3.05, 3.63) is 53.2 Å². The molecule has 1 aliphatic carbocycles. The van der Waals surface area contributed by atoms with Crippen LogP contribution in [0.15, 0.2) is 36.4 Å². The van der Waals surface area contributed by atoms with Crippen LogP contribution in [0.4, 0.5) is 5.82 Å². The van der Waals surface area contributed by atoms with Crippen LogP contribution in [0.3, 0.4) is 0 Å². The third kappa shape index (κ3) is 2.86. The average molecular weight is 282 g/mol. The predicted octanol–water partition coefficient (Wildman–Crippen LogP) is 2.33. The summed E-state index contributed by atoms with van der Waals surface area (Å²) in [4.78, 5) is 11.4. The van der Waals surface area contributed by atoms with Crippen molar-refractivity contribution < 1.29 is 4.79 Å². The highest BCUT2D eigenvalue weighted by Crippen LogP contribution is 2.31. The monoisotopic (exact) mass is 282 g/mol. The molecule has 1 aliphatic rings. The third-order valence-electron chi connectivity index (χ3n) is 3.82. The molecule has 21 heavy (non-hydrogen) atoms. The molecule has 0 radical (unpaired) electrons. The van der Waals surface area contributed by atoms with Gasteiger partial charge in [-0.1, -0.05) is 24.3 Å². The number of hydrogen-bond donors (Lipinski definition) is 2. The number of nitrogens with one attached hydrogen (secondary N) is 2. The number of amides is 1. The molecule has 0 aliphatic heterocycles. The lowest BCUT2D eigenvalue weighted by Crippen LogP contribution is -2.21. The number of rotatable bonds is 3. The Labute approximate surface area is 123 Å². The van der Waals surface area contributed by atoms with Crippen molar-refractivity contribution in [1.29, 1.82) is 0 Å². The van der Waals surface area contributed by atoms with Crippen LogP contribution in [0, 0.1) is 0 Å². The van der Waals surface area contributed by atoms with E-state index in [1.807, 2.05) is 0 Å². The van der Waals surface area contributed by atoms with Gasteiger partial charge in [-0.25, -0.2) is 0 Å². The fourth-order valence-corrected chi connectivity index (χ4v) is 2.74. The van der Waals surface area contributed by atoms with Crippen molar-refractivity contribution in [3.63, 3.8) is 0 Å². The van der Waals surface area contributed by atoms with Crippen molar-refractivity contribution in [2.45, 2.75) is 25.3 Å². The first-order valence-corrected chi connectivity index (χ1v) is 7.18. The minimum atomic E-state index is -0.225. The van der Waals surface area contributed by atoms with Crippen molar-refractivity contribution in [2.24, 2.45) is 0 Å². The van der Waals surface area contributed by atoms with Gasteiger partial charge < -0.3 is 10.6 Å². The van der Waals surface area contributed by atoms with Crippen LogP contribution < -0.4 is 10.6 Å². The van der Waals surface area contributed by atoms with Gasteiger partial charge in [0, 0.05) is 7.05 Å². The topological polar surface area (TPSA) is 66.9 Å². The molecule has 1 unspecified atom stereocenters. The van der Waals surface area contributed by atoms with E-state index < -0.39 is 0 Å². The van der Waals surface area contributed by atoms with E-state index >= 15 is 0 Å². The van der Waals surface area contributed by atoms with Crippen LogP contribution >= 0.6 is 0 Å². The molecule has 2 aromatic rings. The summed E-state index contributed by atoms with van der Waals surface area (Å²) in [7, 11) is 1.58. The smallest absolute Gasteiger partial charge is 0.271 e. The second-order valence-electron chi connectivity index (χ2n) is 5.17. The molecule has 1 amide bonds. The predicted molar refractivity (Wildman–Crippen MR) is 81.2 cm³/mol. The van der Waals surface area contributed by atoms with E-state index in [-0.39, 0.29) is 11.9 Å². The van der Waals surface area contributed by atoms with Crippen molar-refractivity contribution in [2.75, 3.05) is 12.4 Å². The number of nitrogens with zero attached hydrogens (tertiary/aromatic N) is 2. The lowest BCUT2D eigenvalue weighted by Gasteiger charge is -2.26. The van der Waals surface area contributed by atoms with Crippen LogP contribution in [-0.2, 0) is 6.42 Å². The molecule has 1 heterocycles.